The van der Waals surface area contributed by atoms with Crippen molar-refractivity contribution >= 4 is 11.6 Å². The average Bonchev–Trinajstić information content (AvgIpc) is 2.39. The third-order valence-corrected chi connectivity index (χ3v) is 3.43. The molecule has 2 aromatic rings. The summed E-state index contributed by atoms with van der Waals surface area (Å²) in [5.74, 6) is 1.01. The van der Waals surface area contributed by atoms with Crippen molar-refractivity contribution in [3.8, 4) is 16.9 Å². The van der Waals surface area contributed by atoms with Crippen molar-refractivity contribution < 1.29 is 4.74 Å². The minimum atomic E-state index is 0.781. The molecule has 1 heterocycles. The van der Waals surface area contributed by atoms with Crippen molar-refractivity contribution in [1.82, 2.24) is 0 Å². The van der Waals surface area contributed by atoms with Crippen LogP contribution < -0.4 is 4.74 Å². The van der Waals surface area contributed by atoms with Crippen LogP contribution in [-0.2, 0) is 6.42 Å². The normalized spacial score (nSPS) is 13.9. The molecule has 2 heteroatoms. The first kappa shape index (κ1) is 10.7. The van der Waals surface area contributed by atoms with Gasteiger partial charge in [0.05, 0.1) is 6.61 Å². The fourth-order valence-electron chi connectivity index (χ4n) is 2.20. The summed E-state index contributed by atoms with van der Waals surface area (Å²) < 4.78 is 5.68. The summed E-state index contributed by atoms with van der Waals surface area (Å²) >= 11 is 6.20. The van der Waals surface area contributed by atoms with Crippen LogP contribution in [0.15, 0.2) is 42.5 Å². The van der Waals surface area contributed by atoms with Crippen LogP contribution in [0, 0.1) is 0 Å². The second-order valence-corrected chi connectivity index (χ2v) is 4.66. The van der Waals surface area contributed by atoms with Crippen LogP contribution >= 0.6 is 11.6 Å². The quantitative estimate of drug-likeness (QED) is 0.726. The number of hydrogen-bond acceptors (Lipinski definition) is 1. The Kier molecular flexibility index (Phi) is 2.77. The Balaban J connectivity index is 2.07. The van der Waals surface area contributed by atoms with E-state index in [2.05, 4.69) is 18.2 Å². The van der Waals surface area contributed by atoms with Gasteiger partial charge in [0.25, 0.3) is 0 Å². The van der Waals surface area contributed by atoms with E-state index in [1.165, 1.54) is 5.56 Å². The Morgan fingerprint density at radius 2 is 1.94 bits per heavy atom. The molecule has 2 aromatic carbocycles. The second kappa shape index (κ2) is 4.42. The number of benzene rings is 2. The highest BCUT2D eigenvalue weighted by Gasteiger charge is 2.12. The minimum Gasteiger partial charge on any atom is -0.493 e. The SMILES string of the molecule is Clc1ccccc1-c1ccc2c(c1)OCCC2. The highest BCUT2D eigenvalue weighted by Crippen LogP contribution is 2.33. The van der Waals surface area contributed by atoms with E-state index < -0.39 is 0 Å². The van der Waals surface area contributed by atoms with E-state index in [9.17, 15) is 0 Å². The number of fused-ring (bicyclic) bond motifs is 1. The molecule has 0 saturated carbocycles. The van der Waals surface area contributed by atoms with Gasteiger partial charge in [-0.3, -0.25) is 0 Å². The summed E-state index contributed by atoms with van der Waals surface area (Å²) in [4.78, 5) is 0. The summed E-state index contributed by atoms with van der Waals surface area (Å²) in [6, 6.07) is 14.3. The highest BCUT2D eigenvalue weighted by molar-refractivity contribution is 6.33. The Hall–Kier alpha value is -1.47. The summed E-state index contributed by atoms with van der Waals surface area (Å²) in [5, 5.41) is 0.781. The molecular weight excluding hydrogens is 232 g/mol. The van der Waals surface area contributed by atoms with Gasteiger partial charge in [-0.1, -0.05) is 41.9 Å². The number of hydrogen-bond donors (Lipinski definition) is 0. The molecule has 0 amide bonds. The number of ether oxygens (including phenoxy) is 1. The molecule has 0 aliphatic carbocycles. The second-order valence-electron chi connectivity index (χ2n) is 4.25. The molecule has 1 aliphatic rings. The third kappa shape index (κ3) is 2.03. The standard InChI is InChI=1S/C15H13ClO/c16-14-6-2-1-5-13(14)12-8-7-11-4-3-9-17-15(11)10-12/h1-2,5-8,10H,3-4,9H2. The number of aryl methyl sites for hydroxylation is 1. The maximum absolute atomic E-state index is 6.20. The molecule has 0 fully saturated rings. The average molecular weight is 245 g/mol. The van der Waals surface area contributed by atoms with Gasteiger partial charge in [-0.25, -0.2) is 0 Å². The lowest BCUT2D eigenvalue weighted by Crippen LogP contribution is -2.07. The zero-order valence-corrected chi connectivity index (χ0v) is 10.2. The fourth-order valence-corrected chi connectivity index (χ4v) is 2.45. The molecule has 3 rings (SSSR count). The van der Waals surface area contributed by atoms with Crippen LogP contribution in [0.2, 0.25) is 5.02 Å². The Morgan fingerprint density at radius 1 is 1.06 bits per heavy atom. The summed E-state index contributed by atoms with van der Waals surface area (Å²) in [6.45, 7) is 0.818. The zero-order chi connectivity index (χ0) is 11.7. The molecule has 0 unspecified atom stereocenters. The van der Waals surface area contributed by atoms with Gasteiger partial charge in [0, 0.05) is 10.6 Å². The number of halogens is 1. The van der Waals surface area contributed by atoms with E-state index in [0.717, 1.165) is 41.3 Å². The van der Waals surface area contributed by atoms with E-state index in [-0.39, 0.29) is 0 Å². The predicted molar refractivity (Wildman–Crippen MR) is 70.7 cm³/mol. The molecular formula is C15H13ClO. The third-order valence-electron chi connectivity index (χ3n) is 3.10. The monoisotopic (exact) mass is 244 g/mol. The molecule has 17 heavy (non-hydrogen) atoms. The Morgan fingerprint density at radius 3 is 2.82 bits per heavy atom. The lowest BCUT2D eigenvalue weighted by atomic mass is 10.00. The molecule has 86 valence electrons. The molecule has 0 bridgehead atoms. The lowest BCUT2D eigenvalue weighted by Gasteiger charge is -2.18. The van der Waals surface area contributed by atoms with Gasteiger partial charge in [0.15, 0.2) is 0 Å². The van der Waals surface area contributed by atoms with E-state index in [1.54, 1.807) is 0 Å². The van der Waals surface area contributed by atoms with Crippen molar-refractivity contribution in [3.05, 3.63) is 53.1 Å². The molecule has 1 nitrogen and oxygen atoms in total. The first-order valence-electron chi connectivity index (χ1n) is 5.85. The fraction of sp³-hybridized carbons (Fsp3) is 0.200. The van der Waals surface area contributed by atoms with Gasteiger partial charge in [-0.05, 0) is 36.1 Å². The summed E-state index contributed by atoms with van der Waals surface area (Å²) in [6.07, 6.45) is 2.22. The van der Waals surface area contributed by atoms with Crippen LogP contribution in [0.3, 0.4) is 0 Å². The smallest absolute Gasteiger partial charge is 0.123 e. The first-order chi connectivity index (χ1) is 8.34. The molecule has 0 spiro atoms. The van der Waals surface area contributed by atoms with Crippen molar-refractivity contribution in [2.45, 2.75) is 12.8 Å². The first-order valence-corrected chi connectivity index (χ1v) is 6.23. The molecule has 0 radical (unpaired) electrons. The molecule has 0 N–H and O–H groups in total. The van der Waals surface area contributed by atoms with E-state index >= 15 is 0 Å². The minimum absolute atomic E-state index is 0.781. The van der Waals surface area contributed by atoms with Gasteiger partial charge >= 0.3 is 0 Å². The molecule has 0 aromatic heterocycles. The molecule has 0 saturated heterocycles. The number of rotatable bonds is 1. The van der Waals surface area contributed by atoms with E-state index in [1.807, 2.05) is 24.3 Å². The lowest BCUT2D eigenvalue weighted by molar-refractivity contribution is 0.288. The van der Waals surface area contributed by atoms with Crippen molar-refractivity contribution in [2.75, 3.05) is 6.61 Å². The van der Waals surface area contributed by atoms with Crippen molar-refractivity contribution in [2.24, 2.45) is 0 Å². The zero-order valence-electron chi connectivity index (χ0n) is 9.45. The van der Waals surface area contributed by atoms with E-state index in [0.29, 0.717) is 0 Å². The van der Waals surface area contributed by atoms with Crippen LogP contribution in [0.25, 0.3) is 11.1 Å². The summed E-state index contributed by atoms with van der Waals surface area (Å²) in [7, 11) is 0. The van der Waals surface area contributed by atoms with Gasteiger partial charge in [0.1, 0.15) is 5.75 Å². The van der Waals surface area contributed by atoms with Crippen LogP contribution in [0.4, 0.5) is 0 Å². The van der Waals surface area contributed by atoms with Gasteiger partial charge in [0.2, 0.25) is 0 Å². The van der Waals surface area contributed by atoms with Gasteiger partial charge in [-0.2, -0.15) is 0 Å². The molecule has 0 atom stereocenters. The predicted octanol–water partition coefficient (Wildman–Crippen LogP) is 4.33. The van der Waals surface area contributed by atoms with Crippen molar-refractivity contribution in [3.63, 3.8) is 0 Å². The van der Waals surface area contributed by atoms with Crippen LogP contribution in [-0.4, -0.2) is 6.61 Å². The summed E-state index contributed by atoms with van der Waals surface area (Å²) in [5.41, 5.74) is 3.48. The largest absolute Gasteiger partial charge is 0.493 e. The maximum atomic E-state index is 6.20. The maximum Gasteiger partial charge on any atom is 0.123 e. The van der Waals surface area contributed by atoms with Gasteiger partial charge in [-0.15, -0.1) is 0 Å². The van der Waals surface area contributed by atoms with Crippen LogP contribution in [0.5, 0.6) is 5.75 Å². The van der Waals surface area contributed by atoms with Gasteiger partial charge < -0.3 is 4.74 Å². The van der Waals surface area contributed by atoms with E-state index in [4.69, 9.17) is 16.3 Å². The highest BCUT2D eigenvalue weighted by atomic mass is 35.5. The van der Waals surface area contributed by atoms with Crippen molar-refractivity contribution in [1.29, 1.82) is 0 Å². The Bertz CT molecular complexity index is 548. The Labute approximate surface area is 106 Å². The molecule has 1 aliphatic heterocycles. The topological polar surface area (TPSA) is 9.23 Å². The van der Waals surface area contributed by atoms with Crippen LogP contribution in [0.1, 0.15) is 12.0 Å².